The first-order chi connectivity index (χ1) is 13.5. The van der Waals surface area contributed by atoms with Gasteiger partial charge in [0.15, 0.2) is 0 Å². The van der Waals surface area contributed by atoms with Crippen molar-refractivity contribution in [2.24, 2.45) is 5.92 Å². The molecule has 5 heterocycles. The van der Waals surface area contributed by atoms with Crippen LogP contribution in [-0.4, -0.2) is 37.5 Å². The monoisotopic (exact) mass is 394 g/mol. The molecule has 2 aliphatic heterocycles. The maximum Gasteiger partial charge on any atom is 0.251 e. The molecule has 5 rings (SSSR count). The molecule has 0 amide bonds. The Kier molecular flexibility index (Phi) is 4.25. The van der Waals surface area contributed by atoms with E-state index in [-0.39, 0.29) is 5.56 Å². The van der Waals surface area contributed by atoms with E-state index < -0.39 is 0 Å². The van der Waals surface area contributed by atoms with Crippen LogP contribution in [0.15, 0.2) is 34.7 Å². The number of fused-ring (bicyclic) bond motifs is 4. The van der Waals surface area contributed by atoms with Crippen LogP contribution in [-0.2, 0) is 13.1 Å². The molecule has 0 unspecified atom stereocenters. The topological polar surface area (TPSA) is 89.9 Å². The van der Waals surface area contributed by atoms with Crippen LogP contribution < -0.4 is 11.3 Å². The molecule has 0 spiro atoms. The number of thiazole rings is 1. The van der Waals surface area contributed by atoms with Gasteiger partial charge in [0.25, 0.3) is 5.56 Å². The Balaban J connectivity index is 1.47. The summed E-state index contributed by atoms with van der Waals surface area (Å²) < 4.78 is 1.96. The highest BCUT2D eigenvalue weighted by molar-refractivity contribution is 7.09. The minimum atomic E-state index is 0.0444. The van der Waals surface area contributed by atoms with Crippen molar-refractivity contribution in [3.8, 4) is 11.3 Å². The quantitative estimate of drug-likeness (QED) is 0.733. The molecule has 1 saturated heterocycles. The lowest BCUT2D eigenvalue weighted by Gasteiger charge is -2.42. The van der Waals surface area contributed by atoms with Gasteiger partial charge in [0, 0.05) is 60.9 Å². The molecule has 0 aromatic carbocycles. The highest BCUT2D eigenvalue weighted by Crippen LogP contribution is 2.37. The first-order valence-electron chi connectivity index (χ1n) is 9.51. The standard InChI is InChI=1S/C20H22N6OS/c1-12-24-16(10-28-12)9-25-6-13-2-15(8-25)18-3-14(4-20(27)26(18)7-13)17-5-19(21)23-11-22-17/h3-5,10-11,13,15H,2,6-9H2,1H3,(H2,21,22,23)/t13-,15+/m0/s1. The summed E-state index contributed by atoms with van der Waals surface area (Å²) in [5, 5.41) is 3.26. The van der Waals surface area contributed by atoms with E-state index in [1.165, 1.54) is 6.33 Å². The Labute approximate surface area is 166 Å². The van der Waals surface area contributed by atoms with E-state index in [0.717, 1.165) is 54.6 Å². The average molecular weight is 395 g/mol. The maximum absolute atomic E-state index is 12.8. The Morgan fingerprint density at radius 2 is 2.11 bits per heavy atom. The van der Waals surface area contributed by atoms with Gasteiger partial charge in [-0.05, 0) is 25.3 Å². The molecule has 144 valence electrons. The van der Waals surface area contributed by atoms with Crippen LogP contribution in [0.2, 0.25) is 0 Å². The first kappa shape index (κ1) is 17.5. The zero-order chi connectivity index (χ0) is 19.3. The Morgan fingerprint density at radius 3 is 2.89 bits per heavy atom. The number of pyridine rings is 1. The van der Waals surface area contributed by atoms with Gasteiger partial charge in [0.05, 0.1) is 16.4 Å². The van der Waals surface area contributed by atoms with Gasteiger partial charge in [0.1, 0.15) is 12.1 Å². The van der Waals surface area contributed by atoms with Crippen molar-refractivity contribution >= 4 is 17.2 Å². The SMILES string of the molecule is Cc1nc(CN2C[C@@H]3C[C@H](C2)c2cc(-c4cc(N)ncn4)cc(=O)n2C3)cs1. The number of likely N-dealkylation sites (tertiary alicyclic amines) is 1. The molecule has 7 nitrogen and oxygen atoms in total. The van der Waals surface area contributed by atoms with Crippen LogP contribution in [0.4, 0.5) is 5.82 Å². The van der Waals surface area contributed by atoms with Gasteiger partial charge in [-0.25, -0.2) is 15.0 Å². The molecule has 3 aromatic heterocycles. The highest BCUT2D eigenvalue weighted by atomic mass is 32.1. The van der Waals surface area contributed by atoms with Gasteiger partial charge >= 0.3 is 0 Å². The van der Waals surface area contributed by atoms with Crippen molar-refractivity contribution in [3.05, 3.63) is 56.7 Å². The zero-order valence-electron chi connectivity index (χ0n) is 15.7. The lowest BCUT2D eigenvalue weighted by atomic mass is 9.82. The number of anilines is 1. The van der Waals surface area contributed by atoms with Crippen LogP contribution in [0.3, 0.4) is 0 Å². The van der Waals surface area contributed by atoms with E-state index in [0.29, 0.717) is 23.3 Å². The largest absolute Gasteiger partial charge is 0.384 e. The molecular formula is C20H22N6OS. The second-order valence-corrected chi connectivity index (χ2v) is 8.86. The third kappa shape index (κ3) is 3.22. The van der Waals surface area contributed by atoms with Crippen LogP contribution in [0.5, 0.6) is 0 Å². The van der Waals surface area contributed by atoms with Gasteiger partial charge < -0.3 is 10.3 Å². The van der Waals surface area contributed by atoms with Crippen LogP contribution >= 0.6 is 11.3 Å². The summed E-state index contributed by atoms with van der Waals surface area (Å²) in [6.07, 6.45) is 2.57. The minimum Gasteiger partial charge on any atom is -0.384 e. The van der Waals surface area contributed by atoms with Gasteiger partial charge in [0.2, 0.25) is 0 Å². The fourth-order valence-corrected chi connectivity index (χ4v) is 5.18. The van der Waals surface area contributed by atoms with E-state index >= 15 is 0 Å². The Morgan fingerprint density at radius 1 is 1.21 bits per heavy atom. The summed E-state index contributed by atoms with van der Waals surface area (Å²) in [5.74, 6) is 1.26. The molecular weight excluding hydrogens is 372 g/mol. The summed E-state index contributed by atoms with van der Waals surface area (Å²) in [6, 6.07) is 5.50. The van der Waals surface area contributed by atoms with Crippen LogP contribution in [0.1, 0.15) is 28.7 Å². The van der Waals surface area contributed by atoms with Crippen molar-refractivity contribution < 1.29 is 0 Å². The average Bonchev–Trinajstić information content (AvgIpc) is 3.07. The van der Waals surface area contributed by atoms with Crippen molar-refractivity contribution in [3.63, 3.8) is 0 Å². The van der Waals surface area contributed by atoms with E-state index in [1.54, 1.807) is 23.5 Å². The van der Waals surface area contributed by atoms with Crippen molar-refractivity contribution in [1.29, 1.82) is 0 Å². The molecule has 0 radical (unpaired) electrons. The predicted octanol–water partition coefficient (Wildman–Crippen LogP) is 2.27. The third-order valence-corrected chi connectivity index (χ3v) is 6.49. The molecule has 0 aliphatic carbocycles. The molecule has 0 saturated carbocycles. The number of hydrogen-bond donors (Lipinski definition) is 1. The van der Waals surface area contributed by atoms with Crippen LogP contribution in [0, 0.1) is 12.8 Å². The molecule has 1 fully saturated rings. The van der Waals surface area contributed by atoms with Crippen LogP contribution in [0.25, 0.3) is 11.3 Å². The fourth-order valence-electron chi connectivity index (χ4n) is 4.58. The van der Waals surface area contributed by atoms with E-state index in [9.17, 15) is 4.79 Å². The van der Waals surface area contributed by atoms with E-state index in [1.807, 2.05) is 11.5 Å². The molecule has 2 atom stereocenters. The number of rotatable bonds is 3. The van der Waals surface area contributed by atoms with E-state index in [2.05, 4.69) is 31.3 Å². The lowest BCUT2D eigenvalue weighted by molar-refractivity contribution is 0.113. The lowest BCUT2D eigenvalue weighted by Crippen LogP contribution is -2.46. The number of piperidine rings is 1. The first-order valence-corrected chi connectivity index (χ1v) is 10.4. The summed E-state index contributed by atoms with van der Waals surface area (Å²) in [7, 11) is 0. The van der Waals surface area contributed by atoms with Crippen molar-refractivity contribution in [1.82, 2.24) is 24.4 Å². The molecule has 3 aromatic rings. The van der Waals surface area contributed by atoms with E-state index in [4.69, 9.17) is 5.73 Å². The molecule has 2 bridgehead atoms. The number of nitrogens with two attached hydrogens (primary N) is 1. The Bertz CT molecular complexity index is 1090. The third-order valence-electron chi connectivity index (χ3n) is 5.67. The summed E-state index contributed by atoms with van der Waals surface area (Å²) in [4.78, 5) is 28.2. The smallest absolute Gasteiger partial charge is 0.251 e. The molecule has 2 N–H and O–H groups in total. The van der Waals surface area contributed by atoms with Crippen molar-refractivity contribution in [2.45, 2.75) is 32.4 Å². The summed E-state index contributed by atoms with van der Waals surface area (Å²) in [6.45, 7) is 5.67. The van der Waals surface area contributed by atoms with Gasteiger partial charge in [-0.15, -0.1) is 11.3 Å². The number of aryl methyl sites for hydroxylation is 1. The molecule has 8 heteroatoms. The van der Waals surface area contributed by atoms with Gasteiger partial charge in [-0.3, -0.25) is 9.69 Å². The normalized spacial score (nSPS) is 21.5. The Hall–Kier alpha value is -2.58. The molecule has 28 heavy (non-hydrogen) atoms. The summed E-state index contributed by atoms with van der Waals surface area (Å²) in [5.41, 5.74) is 9.61. The fraction of sp³-hybridized carbons (Fsp3) is 0.400. The number of nitrogens with zero attached hydrogens (tertiary/aromatic N) is 5. The highest BCUT2D eigenvalue weighted by Gasteiger charge is 2.35. The second kappa shape index (κ2) is 6.79. The van der Waals surface area contributed by atoms with Gasteiger partial charge in [-0.1, -0.05) is 0 Å². The number of aromatic nitrogens is 4. The minimum absolute atomic E-state index is 0.0444. The zero-order valence-corrected chi connectivity index (χ0v) is 16.5. The second-order valence-electron chi connectivity index (χ2n) is 7.80. The summed E-state index contributed by atoms with van der Waals surface area (Å²) >= 11 is 1.70. The van der Waals surface area contributed by atoms with Gasteiger partial charge in [-0.2, -0.15) is 0 Å². The maximum atomic E-state index is 12.8. The predicted molar refractivity (Wildman–Crippen MR) is 109 cm³/mol. The number of nitrogen functional groups attached to an aromatic ring is 1. The molecule has 2 aliphatic rings. The van der Waals surface area contributed by atoms with Crippen molar-refractivity contribution in [2.75, 3.05) is 18.8 Å². The number of hydrogen-bond acceptors (Lipinski definition) is 7.